The Morgan fingerprint density at radius 1 is 1.08 bits per heavy atom. The molecule has 2 amide bonds. The van der Waals surface area contributed by atoms with E-state index in [-0.39, 0.29) is 17.5 Å². The normalized spacial score (nSPS) is 22.6. The Kier molecular flexibility index (Phi) is 9.71. The van der Waals surface area contributed by atoms with Crippen LogP contribution in [0.25, 0.3) is 0 Å². The summed E-state index contributed by atoms with van der Waals surface area (Å²) in [5, 5.41) is 13.3. The summed E-state index contributed by atoms with van der Waals surface area (Å²) in [5.74, 6) is -1.22. The molecule has 1 aliphatic carbocycles. The zero-order chi connectivity index (χ0) is 28.8. The van der Waals surface area contributed by atoms with Gasteiger partial charge in [-0.05, 0) is 81.1 Å². The summed E-state index contributed by atoms with van der Waals surface area (Å²) in [7, 11) is 5.56. The molecule has 0 spiro atoms. The molecule has 0 aromatic heterocycles. The molecule has 0 radical (unpaired) electrons. The second kappa shape index (κ2) is 12.6. The van der Waals surface area contributed by atoms with Gasteiger partial charge < -0.3 is 30.1 Å². The van der Waals surface area contributed by atoms with Gasteiger partial charge in [-0.2, -0.15) is 13.2 Å². The van der Waals surface area contributed by atoms with E-state index in [9.17, 15) is 18.0 Å². The zero-order valence-electron chi connectivity index (χ0n) is 22.6. The van der Waals surface area contributed by atoms with E-state index in [1.54, 1.807) is 14.2 Å². The number of aryl methyl sites for hydroxylation is 1. The number of amides is 2. The number of methoxy groups -OCH3 is 2. The highest BCUT2D eigenvalue weighted by Gasteiger charge is 2.50. The van der Waals surface area contributed by atoms with Crippen molar-refractivity contribution in [2.24, 2.45) is 0 Å². The molecule has 2 aromatic rings. The monoisotopic (exact) mass is 551 g/mol. The molecule has 1 aliphatic heterocycles. The van der Waals surface area contributed by atoms with Crippen molar-refractivity contribution in [3.63, 3.8) is 0 Å². The summed E-state index contributed by atoms with van der Waals surface area (Å²) in [6, 6.07) is 14.8. The number of hydrogen-bond donors (Lipinski definition) is 3. The third-order valence-corrected chi connectivity index (χ3v) is 7.68. The predicted octanol–water partition coefficient (Wildman–Crippen LogP) is 5.22. The number of aliphatic carboxylic acids is 1. The van der Waals surface area contributed by atoms with Crippen LogP contribution in [0.4, 0.5) is 23.7 Å². The fourth-order valence-corrected chi connectivity index (χ4v) is 5.57. The van der Waals surface area contributed by atoms with Gasteiger partial charge >= 0.3 is 18.2 Å². The summed E-state index contributed by atoms with van der Waals surface area (Å²) in [4.78, 5) is 24.0. The highest BCUT2D eigenvalue weighted by atomic mass is 19.4. The molecule has 214 valence electrons. The first-order valence-corrected chi connectivity index (χ1v) is 12.8. The molecule has 3 atom stereocenters. The highest BCUT2D eigenvalue weighted by molar-refractivity contribution is 5.89. The zero-order valence-corrected chi connectivity index (χ0v) is 22.6. The van der Waals surface area contributed by atoms with Crippen molar-refractivity contribution in [3.05, 3.63) is 53.6 Å². The number of hydrogen-bond acceptors (Lipinski definition) is 5. The lowest BCUT2D eigenvalue weighted by molar-refractivity contribution is -0.192. The smallest absolute Gasteiger partial charge is 0.490 e. The summed E-state index contributed by atoms with van der Waals surface area (Å²) < 4.78 is 42.8. The van der Waals surface area contributed by atoms with E-state index in [4.69, 9.17) is 19.4 Å². The third-order valence-electron chi connectivity index (χ3n) is 7.68. The first kappa shape index (κ1) is 30.1. The number of fused-ring (bicyclic) bond motifs is 1. The summed E-state index contributed by atoms with van der Waals surface area (Å²) in [6.07, 6.45) is -0.0425. The van der Waals surface area contributed by atoms with E-state index in [1.165, 1.54) is 11.1 Å². The Morgan fingerprint density at radius 2 is 1.72 bits per heavy atom. The van der Waals surface area contributed by atoms with Crippen molar-refractivity contribution in [1.29, 1.82) is 0 Å². The van der Waals surface area contributed by atoms with Crippen LogP contribution >= 0.6 is 0 Å². The number of likely N-dealkylation sites (tertiary alicyclic amines) is 1. The molecular weight excluding hydrogens is 515 g/mol. The van der Waals surface area contributed by atoms with E-state index in [1.807, 2.05) is 18.2 Å². The molecule has 0 bridgehead atoms. The average molecular weight is 552 g/mol. The molecule has 2 fully saturated rings. The molecule has 1 heterocycles. The molecule has 2 aliphatic rings. The number of carbonyl (C=O) groups is 2. The number of likely N-dealkylation sites (N-methyl/N-ethyl adjacent to an activating group) is 1. The van der Waals surface area contributed by atoms with Crippen molar-refractivity contribution in [1.82, 2.24) is 10.2 Å². The largest absolute Gasteiger partial charge is 0.493 e. The number of carboxylic acid groups (broad SMARTS) is 1. The number of nitrogens with zero attached hydrogens (tertiary/aromatic N) is 1. The van der Waals surface area contributed by atoms with Gasteiger partial charge in [0.1, 0.15) is 0 Å². The number of ether oxygens (including phenoxy) is 2. The number of nitrogens with one attached hydrogen (secondary N) is 2. The van der Waals surface area contributed by atoms with Gasteiger partial charge in [-0.15, -0.1) is 0 Å². The fraction of sp³-hybridized carbons (Fsp3) is 0.500. The molecule has 11 heteroatoms. The van der Waals surface area contributed by atoms with Crippen molar-refractivity contribution < 1.29 is 37.3 Å². The fourth-order valence-electron chi connectivity index (χ4n) is 5.57. The van der Waals surface area contributed by atoms with E-state index >= 15 is 0 Å². The van der Waals surface area contributed by atoms with E-state index in [2.05, 4.69) is 53.8 Å². The number of halogens is 3. The summed E-state index contributed by atoms with van der Waals surface area (Å²) in [5.41, 5.74) is 3.48. The Morgan fingerprint density at radius 3 is 2.28 bits per heavy atom. The number of rotatable bonds is 6. The maximum Gasteiger partial charge on any atom is 0.490 e. The minimum Gasteiger partial charge on any atom is -0.493 e. The van der Waals surface area contributed by atoms with Crippen LogP contribution in [0.3, 0.4) is 0 Å². The molecule has 4 rings (SSSR count). The van der Waals surface area contributed by atoms with Gasteiger partial charge in [0, 0.05) is 23.2 Å². The number of anilines is 1. The molecule has 2 aromatic carbocycles. The standard InChI is InChI=1S/C26H35N3O3.C2HF3O2/c1-5-18-6-9-20(10-7-18)27-25(30)28-21-12-13-26(14-15-29(2)24(26)17-21)19-8-11-22(31-3)23(16-19)32-4;3-2(4,5)1(6)7/h6-11,16,21,24H,5,12-15,17H2,1-4H3,(H2,27,28,30);(H,6,7). The molecular formula is C28H36F3N3O5. The summed E-state index contributed by atoms with van der Waals surface area (Å²) in [6.45, 7) is 3.18. The Labute approximate surface area is 226 Å². The minimum absolute atomic E-state index is 0.0823. The lowest BCUT2D eigenvalue weighted by Crippen LogP contribution is -2.52. The van der Waals surface area contributed by atoms with Gasteiger partial charge in [-0.3, -0.25) is 0 Å². The van der Waals surface area contributed by atoms with Crippen LogP contribution in [0.15, 0.2) is 42.5 Å². The SMILES string of the molecule is CCc1ccc(NC(=O)NC2CCC3(c4ccc(OC)c(OC)c4)CCN(C)C3C2)cc1.O=C(O)C(F)(F)F. The van der Waals surface area contributed by atoms with Crippen molar-refractivity contribution in [2.75, 3.05) is 33.1 Å². The Balaban J connectivity index is 0.000000532. The number of alkyl halides is 3. The number of carboxylic acids is 1. The number of benzene rings is 2. The second-order valence-electron chi connectivity index (χ2n) is 9.90. The minimum atomic E-state index is -5.08. The van der Waals surface area contributed by atoms with Crippen molar-refractivity contribution in [2.45, 2.75) is 62.7 Å². The van der Waals surface area contributed by atoms with Gasteiger partial charge in [0.15, 0.2) is 11.5 Å². The van der Waals surface area contributed by atoms with Crippen LogP contribution in [0.2, 0.25) is 0 Å². The first-order chi connectivity index (χ1) is 18.4. The number of carbonyl (C=O) groups excluding carboxylic acids is 1. The average Bonchev–Trinajstić information content (AvgIpc) is 3.25. The highest BCUT2D eigenvalue weighted by Crippen LogP contribution is 2.49. The maximum atomic E-state index is 12.6. The molecule has 1 saturated heterocycles. The molecule has 3 N–H and O–H groups in total. The third kappa shape index (κ3) is 7.14. The van der Waals surface area contributed by atoms with Gasteiger partial charge in [0.25, 0.3) is 0 Å². The van der Waals surface area contributed by atoms with Crippen LogP contribution in [-0.4, -0.2) is 68.1 Å². The summed E-state index contributed by atoms with van der Waals surface area (Å²) >= 11 is 0. The van der Waals surface area contributed by atoms with E-state index in [0.29, 0.717) is 6.04 Å². The molecule has 3 unspecified atom stereocenters. The quantitative estimate of drug-likeness (QED) is 0.456. The lowest BCUT2D eigenvalue weighted by atomic mass is 9.65. The van der Waals surface area contributed by atoms with Gasteiger partial charge in [-0.1, -0.05) is 25.1 Å². The number of urea groups is 1. The van der Waals surface area contributed by atoms with Crippen LogP contribution in [0.5, 0.6) is 11.5 Å². The topological polar surface area (TPSA) is 100 Å². The van der Waals surface area contributed by atoms with Crippen molar-refractivity contribution in [3.8, 4) is 11.5 Å². The van der Waals surface area contributed by atoms with Crippen LogP contribution in [-0.2, 0) is 16.6 Å². The van der Waals surface area contributed by atoms with Gasteiger partial charge in [-0.25, -0.2) is 9.59 Å². The molecule has 1 saturated carbocycles. The van der Waals surface area contributed by atoms with Gasteiger partial charge in [0.2, 0.25) is 0 Å². The molecule has 39 heavy (non-hydrogen) atoms. The van der Waals surface area contributed by atoms with E-state index < -0.39 is 12.1 Å². The lowest BCUT2D eigenvalue weighted by Gasteiger charge is -2.45. The van der Waals surface area contributed by atoms with Crippen molar-refractivity contribution >= 4 is 17.7 Å². The molecule has 8 nitrogen and oxygen atoms in total. The van der Waals surface area contributed by atoms with E-state index in [0.717, 1.165) is 55.8 Å². The van der Waals surface area contributed by atoms with Crippen LogP contribution in [0.1, 0.15) is 43.7 Å². The first-order valence-electron chi connectivity index (χ1n) is 12.8. The predicted molar refractivity (Wildman–Crippen MR) is 142 cm³/mol. The van der Waals surface area contributed by atoms with Crippen LogP contribution < -0.4 is 20.1 Å². The maximum absolute atomic E-state index is 12.6. The Bertz CT molecular complexity index is 1140. The van der Waals surface area contributed by atoms with Gasteiger partial charge in [0.05, 0.1) is 14.2 Å². The second-order valence-corrected chi connectivity index (χ2v) is 9.90. The van der Waals surface area contributed by atoms with Crippen LogP contribution in [0, 0.1) is 0 Å². The Hall–Kier alpha value is -3.47.